The van der Waals surface area contributed by atoms with Gasteiger partial charge in [-0.05, 0) is 32.1 Å². The van der Waals surface area contributed by atoms with E-state index in [9.17, 15) is 4.79 Å². The summed E-state index contributed by atoms with van der Waals surface area (Å²) in [5, 5.41) is 0.643. The molecule has 106 valence electrons. The highest BCUT2D eigenvalue weighted by molar-refractivity contribution is 6.33. The highest BCUT2D eigenvalue weighted by Crippen LogP contribution is 2.29. The van der Waals surface area contributed by atoms with E-state index in [1.165, 1.54) is 0 Å². The number of carbonyl (C=O) groups is 1. The summed E-state index contributed by atoms with van der Waals surface area (Å²) in [7, 11) is 4.08. The van der Waals surface area contributed by atoms with E-state index in [4.69, 9.17) is 11.6 Å². The van der Waals surface area contributed by atoms with Crippen molar-refractivity contribution in [3.8, 4) is 0 Å². The topological polar surface area (TPSA) is 23.6 Å². The summed E-state index contributed by atoms with van der Waals surface area (Å²) in [6.07, 6.45) is 0.879. The summed E-state index contributed by atoms with van der Waals surface area (Å²) in [6.45, 7) is 7.00. The fourth-order valence-corrected chi connectivity index (χ4v) is 2.32. The Morgan fingerprint density at radius 2 is 1.95 bits per heavy atom. The average Bonchev–Trinajstić information content (AvgIpc) is 2.33. The quantitative estimate of drug-likeness (QED) is 0.718. The smallest absolute Gasteiger partial charge is 0.152 e. The van der Waals surface area contributed by atoms with Crippen molar-refractivity contribution in [1.82, 2.24) is 4.90 Å². The number of likely N-dealkylation sites (N-methyl/N-ethyl adjacent to an activating group) is 1. The van der Waals surface area contributed by atoms with Crippen LogP contribution in [0.3, 0.4) is 0 Å². The predicted octanol–water partition coefficient (Wildman–Crippen LogP) is 3.18. The molecule has 0 fully saturated rings. The van der Waals surface area contributed by atoms with Gasteiger partial charge in [0.05, 0.1) is 10.7 Å². The first-order valence-corrected chi connectivity index (χ1v) is 6.97. The third-order valence-electron chi connectivity index (χ3n) is 2.86. The number of nitrogens with zero attached hydrogens (tertiary/aromatic N) is 2. The SMILES string of the molecule is CC(C)CN(CCN(C)C)c1c(Cl)cccc1C=O. The van der Waals surface area contributed by atoms with Crippen LogP contribution in [-0.4, -0.2) is 44.9 Å². The van der Waals surface area contributed by atoms with E-state index < -0.39 is 0 Å². The van der Waals surface area contributed by atoms with E-state index in [-0.39, 0.29) is 0 Å². The summed E-state index contributed by atoms with van der Waals surface area (Å²) >= 11 is 6.29. The standard InChI is InChI=1S/C15H23ClN2O/c1-12(2)10-18(9-8-17(3)4)15-13(11-19)6-5-7-14(15)16/h5-7,11-12H,8-10H2,1-4H3. The second kappa shape index (κ2) is 7.51. The van der Waals surface area contributed by atoms with Gasteiger partial charge in [0.2, 0.25) is 0 Å². The van der Waals surface area contributed by atoms with E-state index in [2.05, 4.69) is 23.6 Å². The molecule has 0 aliphatic rings. The van der Waals surface area contributed by atoms with Crippen LogP contribution in [0.1, 0.15) is 24.2 Å². The lowest BCUT2D eigenvalue weighted by Crippen LogP contribution is -2.35. The second-order valence-electron chi connectivity index (χ2n) is 5.44. The Bertz CT molecular complexity index is 419. The van der Waals surface area contributed by atoms with Crippen LogP contribution in [0.25, 0.3) is 0 Å². The summed E-state index contributed by atoms with van der Waals surface area (Å²) in [6, 6.07) is 5.47. The van der Waals surface area contributed by atoms with E-state index >= 15 is 0 Å². The zero-order chi connectivity index (χ0) is 14.4. The maximum absolute atomic E-state index is 11.2. The van der Waals surface area contributed by atoms with Crippen molar-refractivity contribution in [2.45, 2.75) is 13.8 Å². The van der Waals surface area contributed by atoms with Crippen LogP contribution < -0.4 is 4.90 Å². The van der Waals surface area contributed by atoms with Crippen LogP contribution in [0.4, 0.5) is 5.69 Å². The molecule has 0 unspecified atom stereocenters. The van der Waals surface area contributed by atoms with Crippen molar-refractivity contribution in [1.29, 1.82) is 0 Å². The van der Waals surface area contributed by atoms with E-state index in [1.807, 2.05) is 32.3 Å². The highest BCUT2D eigenvalue weighted by atomic mass is 35.5. The first kappa shape index (κ1) is 16.0. The summed E-state index contributed by atoms with van der Waals surface area (Å²) < 4.78 is 0. The van der Waals surface area contributed by atoms with Crippen LogP contribution in [-0.2, 0) is 0 Å². The Morgan fingerprint density at radius 1 is 1.26 bits per heavy atom. The minimum Gasteiger partial charge on any atom is -0.368 e. The van der Waals surface area contributed by atoms with Crippen LogP contribution in [0.2, 0.25) is 5.02 Å². The predicted molar refractivity (Wildman–Crippen MR) is 82.4 cm³/mol. The maximum atomic E-state index is 11.2. The van der Waals surface area contributed by atoms with Crippen molar-refractivity contribution >= 4 is 23.6 Å². The Balaban J connectivity index is 3.05. The molecule has 0 saturated heterocycles. The molecule has 0 N–H and O–H groups in total. The largest absolute Gasteiger partial charge is 0.368 e. The van der Waals surface area contributed by atoms with E-state index in [0.717, 1.165) is 31.6 Å². The van der Waals surface area contributed by atoms with Crippen molar-refractivity contribution < 1.29 is 4.79 Å². The number of hydrogen-bond donors (Lipinski definition) is 0. The number of para-hydroxylation sites is 1. The molecule has 0 aliphatic heterocycles. The van der Waals surface area contributed by atoms with Gasteiger partial charge >= 0.3 is 0 Å². The molecule has 0 aliphatic carbocycles. The molecule has 19 heavy (non-hydrogen) atoms. The van der Waals surface area contributed by atoms with Gasteiger partial charge in [0.15, 0.2) is 6.29 Å². The Morgan fingerprint density at radius 3 is 2.47 bits per heavy atom. The van der Waals surface area contributed by atoms with Gasteiger partial charge in [0.1, 0.15) is 0 Å². The third-order valence-corrected chi connectivity index (χ3v) is 3.17. The molecule has 1 rings (SSSR count). The van der Waals surface area contributed by atoms with Gasteiger partial charge in [0.25, 0.3) is 0 Å². The zero-order valence-electron chi connectivity index (χ0n) is 12.2. The molecule has 1 aromatic carbocycles. The fraction of sp³-hybridized carbons (Fsp3) is 0.533. The number of carbonyl (C=O) groups excluding carboxylic acids is 1. The molecular formula is C15H23ClN2O. The van der Waals surface area contributed by atoms with Gasteiger partial charge in [-0.2, -0.15) is 0 Å². The van der Waals surface area contributed by atoms with Gasteiger partial charge < -0.3 is 9.80 Å². The number of benzene rings is 1. The lowest BCUT2D eigenvalue weighted by molar-refractivity contribution is 0.112. The van der Waals surface area contributed by atoms with Crippen molar-refractivity contribution in [3.63, 3.8) is 0 Å². The number of hydrogen-bond acceptors (Lipinski definition) is 3. The van der Waals surface area contributed by atoms with E-state index in [1.54, 1.807) is 0 Å². The normalized spacial score (nSPS) is 11.1. The molecule has 1 aromatic rings. The first-order chi connectivity index (χ1) is 8.95. The molecule has 4 heteroatoms. The van der Waals surface area contributed by atoms with Crippen LogP contribution in [0.5, 0.6) is 0 Å². The molecule has 0 saturated carbocycles. The molecule has 0 heterocycles. The van der Waals surface area contributed by atoms with Crippen LogP contribution >= 0.6 is 11.6 Å². The van der Waals surface area contributed by atoms with Crippen LogP contribution in [0.15, 0.2) is 18.2 Å². The monoisotopic (exact) mass is 282 g/mol. The van der Waals surface area contributed by atoms with Gasteiger partial charge in [0, 0.05) is 25.2 Å². The van der Waals surface area contributed by atoms with Crippen molar-refractivity contribution in [3.05, 3.63) is 28.8 Å². The molecule has 0 spiro atoms. The minimum atomic E-state index is 0.512. The lowest BCUT2D eigenvalue weighted by Gasteiger charge is -2.30. The molecule has 0 bridgehead atoms. The zero-order valence-corrected chi connectivity index (χ0v) is 12.9. The van der Waals surface area contributed by atoms with Gasteiger partial charge in [-0.1, -0.05) is 31.5 Å². The molecule has 0 atom stereocenters. The summed E-state index contributed by atoms with van der Waals surface area (Å²) in [5.74, 6) is 0.512. The van der Waals surface area contributed by atoms with Crippen LogP contribution in [0, 0.1) is 5.92 Å². The highest BCUT2D eigenvalue weighted by Gasteiger charge is 2.16. The number of rotatable bonds is 7. The second-order valence-corrected chi connectivity index (χ2v) is 5.85. The molecular weight excluding hydrogens is 260 g/mol. The molecule has 0 aromatic heterocycles. The lowest BCUT2D eigenvalue weighted by atomic mass is 10.1. The van der Waals surface area contributed by atoms with Crippen molar-refractivity contribution in [2.24, 2.45) is 5.92 Å². The van der Waals surface area contributed by atoms with Gasteiger partial charge in [-0.25, -0.2) is 0 Å². The minimum absolute atomic E-state index is 0.512. The van der Waals surface area contributed by atoms with E-state index in [0.29, 0.717) is 16.5 Å². The average molecular weight is 283 g/mol. The van der Waals surface area contributed by atoms with Gasteiger partial charge in [-0.15, -0.1) is 0 Å². The Labute approximate surface area is 121 Å². The fourth-order valence-electron chi connectivity index (χ4n) is 2.02. The number of anilines is 1. The number of halogens is 1. The molecule has 0 amide bonds. The molecule has 3 nitrogen and oxygen atoms in total. The van der Waals surface area contributed by atoms with Crippen molar-refractivity contribution in [2.75, 3.05) is 38.6 Å². The van der Waals surface area contributed by atoms with Gasteiger partial charge in [-0.3, -0.25) is 4.79 Å². The Kier molecular flexibility index (Phi) is 6.32. The first-order valence-electron chi connectivity index (χ1n) is 6.59. The summed E-state index contributed by atoms with van der Waals surface area (Å²) in [5.41, 5.74) is 1.52. The summed E-state index contributed by atoms with van der Waals surface area (Å²) in [4.78, 5) is 15.5. The molecule has 0 radical (unpaired) electrons. The third kappa shape index (κ3) is 4.84. The maximum Gasteiger partial charge on any atom is 0.152 e. The number of aldehydes is 1. The Hall–Kier alpha value is -1.06.